The zero-order valence-corrected chi connectivity index (χ0v) is 30.9. The molecule has 5 nitrogen and oxygen atoms in total. The average molecular weight is 754 g/mol. The van der Waals surface area contributed by atoms with Crippen LogP contribution in [-0.4, -0.2) is 53.5 Å². The molecular formula is C35H47Cl6N3O2. The van der Waals surface area contributed by atoms with Gasteiger partial charge in [-0.15, -0.1) is 24.8 Å². The summed E-state index contributed by atoms with van der Waals surface area (Å²) >= 11 is 25.4. The SMILES string of the molecule is CCCCCC(N)N(CC(CCN1CCC(Cc2ccccc2)CC1)c1ccc(Cl)c(Cl)c1)C(=O)c1ccc(Cl)cc1Cl.Cl.Cl.O. The quantitative estimate of drug-likeness (QED) is 0.132. The van der Waals surface area contributed by atoms with Gasteiger partial charge in [0.2, 0.25) is 0 Å². The maximum absolute atomic E-state index is 14.0. The van der Waals surface area contributed by atoms with Crippen molar-refractivity contribution in [2.45, 2.75) is 70.4 Å². The number of unbranched alkanes of at least 4 members (excludes halogenated alkanes) is 2. The van der Waals surface area contributed by atoms with Gasteiger partial charge in [-0.05, 0) is 99.1 Å². The monoisotopic (exact) mass is 751 g/mol. The van der Waals surface area contributed by atoms with Crippen molar-refractivity contribution in [3.8, 4) is 0 Å². The van der Waals surface area contributed by atoms with Crippen LogP contribution in [0.3, 0.4) is 0 Å². The van der Waals surface area contributed by atoms with Gasteiger partial charge in [0.25, 0.3) is 5.91 Å². The lowest BCUT2D eigenvalue weighted by Gasteiger charge is -2.36. The van der Waals surface area contributed by atoms with Crippen molar-refractivity contribution in [2.75, 3.05) is 26.2 Å². The Bertz CT molecular complexity index is 1320. The molecule has 3 aromatic rings. The number of likely N-dealkylation sites (tertiary alicyclic amines) is 1. The highest BCUT2D eigenvalue weighted by Gasteiger charge is 2.29. The van der Waals surface area contributed by atoms with E-state index in [1.165, 1.54) is 18.4 Å². The van der Waals surface area contributed by atoms with E-state index in [-0.39, 0.29) is 42.1 Å². The molecule has 1 amide bonds. The number of nitrogens with zero attached hydrogens (tertiary/aromatic N) is 2. The molecule has 0 radical (unpaired) electrons. The van der Waals surface area contributed by atoms with Gasteiger partial charge in [0.1, 0.15) is 0 Å². The second-order valence-electron chi connectivity index (χ2n) is 11.8. The van der Waals surface area contributed by atoms with Crippen LogP contribution in [0.1, 0.15) is 79.3 Å². The van der Waals surface area contributed by atoms with Crippen LogP contribution < -0.4 is 5.73 Å². The molecule has 0 spiro atoms. The molecule has 1 fully saturated rings. The Morgan fingerprint density at radius 1 is 0.891 bits per heavy atom. The van der Waals surface area contributed by atoms with Crippen LogP contribution in [0.25, 0.3) is 0 Å². The topological polar surface area (TPSA) is 81.1 Å². The van der Waals surface area contributed by atoms with E-state index in [0.717, 1.165) is 57.3 Å². The number of hydrogen-bond donors (Lipinski definition) is 1. The number of amides is 1. The van der Waals surface area contributed by atoms with Gasteiger partial charge in [-0.25, -0.2) is 0 Å². The van der Waals surface area contributed by atoms with Crippen LogP contribution in [0.15, 0.2) is 66.7 Å². The Labute approximate surface area is 307 Å². The minimum atomic E-state index is -0.440. The van der Waals surface area contributed by atoms with E-state index >= 15 is 0 Å². The Morgan fingerprint density at radius 2 is 1.59 bits per heavy atom. The summed E-state index contributed by atoms with van der Waals surface area (Å²) in [7, 11) is 0. The Morgan fingerprint density at radius 3 is 2.22 bits per heavy atom. The van der Waals surface area contributed by atoms with E-state index < -0.39 is 6.17 Å². The molecule has 2 atom stereocenters. The number of rotatable bonds is 14. The number of hydrogen-bond acceptors (Lipinski definition) is 3. The van der Waals surface area contributed by atoms with Gasteiger partial charge in [-0.2, -0.15) is 0 Å². The Balaban J connectivity index is 0.00000353. The van der Waals surface area contributed by atoms with Gasteiger partial charge in [0.15, 0.2) is 0 Å². The maximum Gasteiger partial charge on any atom is 0.256 e. The highest BCUT2D eigenvalue weighted by atomic mass is 35.5. The number of benzene rings is 3. The van der Waals surface area contributed by atoms with Gasteiger partial charge in [0.05, 0.1) is 26.8 Å². The molecule has 0 aliphatic carbocycles. The first-order valence-electron chi connectivity index (χ1n) is 15.5. The van der Waals surface area contributed by atoms with Crippen LogP contribution in [-0.2, 0) is 6.42 Å². The average Bonchev–Trinajstić information content (AvgIpc) is 3.00. The molecule has 46 heavy (non-hydrogen) atoms. The van der Waals surface area contributed by atoms with Gasteiger partial charge < -0.3 is 21.0 Å². The molecule has 4 N–H and O–H groups in total. The smallest absolute Gasteiger partial charge is 0.256 e. The molecule has 1 aliphatic heterocycles. The van der Waals surface area contributed by atoms with E-state index in [9.17, 15) is 4.79 Å². The van der Waals surface area contributed by atoms with Crippen molar-refractivity contribution >= 4 is 77.1 Å². The van der Waals surface area contributed by atoms with Gasteiger partial charge in [-0.1, -0.05) is 109 Å². The molecule has 1 saturated heterocycles. The number of piperidine rings is 1. The standard InChI is InChI=1S/C35H43Cl4N3O.2ClH.H2O/c1-2-3-5-10-34(40)42(35(43)30-13-12-29(36)23-32(30)38)24-28(27-11-14-31(37)33(39)22-27)17-20-41-18-15-26(16-19-41)21-25-8-6-4-7-9-25;;;/h4,6-9,11-14,22-23,26,28,34H,2-3,5,10,15-21,24,40H2,1H3;2*1H;1H2. The van der Waals surface area contributed by atoms with Crippen molar-refractivity contribution in [1.82, 2.24) is 9.80 Å². The molecule has 0 bridgehead atoms. The lowest BCUT2D eigenvalue weighted by Crippen LogP contribution is -2.48. The lowest BCUT2D eigenvalue weighted by molar-refractivity contribution is 0.0648. The zero-order chi connectivity index (χ0) is 30.8. The Kier molecular flexibility index (Phi) is 20.1. The van der Waals surface area contributed by atoms with Gasteiger partial charge in [0, 0.05) is 17.5 Å². The number of carbonyl (C=O) groups excluding carboxylic acids is 1. The fraction of sp³-hybridized carbons (Fsp3) is 0.457. The van der Waals surface area contributed by atoms with Crippen molar-refractivity contribution in [3.05, 3.63) is 104 Å². The number of halogens is 6. The molecule has 3 aromatic carbocycles. The molecule has 1 aliphatic rings. The van der Waals surface area contributed by atoms with Gasteiger partial charge >= 0.3 is 0 Å². The second-order valence-corrected chi connectivity index (χ2v) is 13.4. The first kappa shape index (κ1) is 42.8. The molecule has 4 rings (SSSR count). The van der Waals surface area contributed by atoms with E-state index in [2.05, 4.69) is 42.2 Å². The summed E-state index contributed by atoms with van der Waals surface area (Å²) < 4.78 is 0. The molecule has 2 unspecified atom stereocenters. The van der Waals surface area contributed by atoms with Crippen LogP contribution >= 0.6 is 71.2 Å². The predicted molar refractivity (Wildman–Crippen MR) is 201 cm³/mol. The lowest BCUT2D eigenvalue weighted by atomic mass is 9.89. The third-order valence-electron chi connectivity index (χ3n) is 8.63. The fourth-order valence-electron chi connectivity index (χ4n) is 6.01. The molecule has 256 valence electrons. The highest BCUT2D eigenvalue weighted by Crippen LogP contribution is 2.32. The van der Waals surface area contributed by atoms with E-state index in [4.69, 9.17) is 52.1 Å². The van der Waals surface area contributed by atoms with Crippen LogP contribution in [0.4, 0.5) is 0 Å². The molecule has 0 aromatic heterocycles. The third kappa shape index (κ3) is 12.7. The number of nitrogens with two attached hydrogens (primary N) is 1. The van der Waals surface area contributed by atoms with Crippen molar-refractivity contribution in [2.24, 2.45) is 11.7 Å². The summed E-state index contributed by atoms with van der Waals surface area (Å²) in [5.74, 6) is 0.546. The summed E-state index contributed by atoms with van der Waals surface area (Å²) in [6, 6.07) is 21.6. The fourth-order valence-corrected chi connectivity index (χ4v) is 6.81. The van der Waals surface area contributed by atoms with Crippen LogP contribution in [0, 0.1) is 5.92 Å². The molecule has 1 heterocycles. The van der Waals surface area contributed by atoms with E-state index in [0.29, 0.717) is 44.5 Å². The third-order valence-corrected chi connectivity index (χ3v) is 9.91. The predicted octanol–water partition coefficient (Wildman–Crippen LogP) is 9.75. The normalized spacial score (nSPS) is 14.7. The van der Waals surface area contributed by atoms with Crippen LogP contribution in [0.2, 0.25) is 20.1 Å². The summed E-state index contributed by atoms with van der Waals surface area (Å²) in [5, 5.41) is 1.84. The highest BCUT2D eigenvalue weighted by molar-refractivity contribution is 6.42. The Hall–Kier alpha value is -1.25. The first-order chi connectivity index (χ1) is 20.7. The summed E-state index contributed by atoms with van der Waals surface area (Å²) in [6.07, 6.45) is 7.75. The molecule has 11 heteroatoms. The zero-order valence-electron chi connectivity index (χ0n) is 26.3. The minimum absolute atomic E-state index is 0. The van der Waals surface area contributed by atoms with E-state index in [1.54, 1.807) is 23.1 Å². The number of carbonyl (C=O) groups is 1. The molecule has 0 saturated carbocycles. The summed E-state index contributed by atoms with van der Waals surface area (Å²) in [5.41, 5.74) is 9.63. The minimum Gasteiger partial charge on any atom is -0.412 e. The maximum atomic E-state index is 14.0. The van der Waals surface area contributed by atoms with Crippen molar-refractivity contribution in [1.29, 1.82) is 0 Å². The van der Waals surface area contributed by atoms with Crippen LogP contribution in [0.5, 0.6) is 0 Å². The van der Waals surface area contributed by atoms with Crippen molar-refractivity contribution < 1.29 is 10.3 Å². The van der Waals surface area contributed by atoms with Crippen molar-refractivity contribution in [3.63, 3.8) is 0 Å². The first-order valence-corrected chi connectivity index (χ1v) is 17.0. The summed E-state index contributed by atoms with van der Waals surface area (Å²) in [6.45, 7) is 5.69. The van der Waals surface area contributed by atoms with Gasteiger partial charge in [-0.3, -0.25) is 4.79 Å². The molecular weight excluding hydrogens is 707 g/mol. The van der Waals surface area contributed by atoms with E-state index in [1.807, 2.05) is 18.2 Å². The second kappa shape index (κ2) is 21.7. The largest absolute Gasteiger partial charge is 0.412 e. The summed E-state index contributed by atoms with van der Waals surface area (Å²) in [4.78, 5) is 18.3.